The number of likely N-dealkylation sites (tertiary alicyclic amines) is 1. The Morgan fingerprint density at radius 2 is 2.29 bits per heavy atom. The Hall–Kier alpha value is -1.13. The number of benzene rings is 1. The van der Waals surface area contributed by atoms with Gasteiger partial charge in [-0.3, -0.25) is 9.69 Å². The van der Waals surface area contributed by atoms with Crippen molar-refractivity contribution in [3.05, 3.63) is 34.6 Å². The van der Waals surface area contributed by atoms with Crippen LogP contribution in [0, 0.1) is 11.2 Å². The van der Waals surface area contributed by atoms with Crippen molar-refractivity contribution in [2.75, 3.05) is 13.1 Å². The molecule has 0 saturated carbocycles. The van der Waals surface area contributed by atoms with E-state index in [1.54, 1.807) is 12.1 Å². The number of rotatable bonds is 5. The molecule has 0 bridgehead atoms. The average Bonchev–Trinajstić information content (AvgIpc) is 2.44. The highest BCUT2D eigenvalue weighted by atomic mass is 35.5. The zero-order valence-electron chi connectivity index (χ0n) is 12.2. The number of carbonyl (C=O) groups is 1. The number of piperidine rings is 1. The fraction of sp³-hybridized carbons (Fsp3) is 0.562. The predicted molar refractivity (Wildman–Crippen MR) is 80.9 cm³/mol. The molecule has 0 spiro atoms. The van der Waals surface area contributed by atoms with Gasteiger partial charge in [0.15, 0.2) is 0 Å². The number of nitrogens with zero attached hydrogens (tertiary/aromatic N) is 1. The van der Waals surface area contributed by atoms with Crippen molar-refractivity contribution >= 4 is 17.6 Å². The quantitative estimate of drug-likeness (QED) is 0.895. The molecule has 1 aliphatic rings. The summed E-state index contributed by atoms with van der Waals surface area (Å²) >= 11 is 5.99. The minimum Gasteiger partial charge on any atom is -0.481 e. The van der Waals surface area contributed by atoms with Gasteiger partial charge >= 0.3 is 5.97 Å². The van der Waals surface area contributed by atoms with Crippen LogP contribution in [0.5, 0.6) is 0 Å². The highest BCUT2D eigenvalue weighted by Gasteiger charge is 2.41. The summed E-state index contributed by atoms with van der Waals surface area (Å²) in [5, 5.41) is 9.73. The molecule has 21 heavy (non-hydrogen) atoms. The molecule has 0 amide bonds. The van der Waals surface area contributed by atoms with Gasteiger partial charge in [-0.15, -0.1) is 0 Å². The first-order valence-corrected chi connectivity index (χ1v) is 7.75. The molecule has 1 atom stereocenters. The lowest BCUT2D eigenvalue weighted by Crippen LogP contribution is -2.47. The zero-order valence-corrected chi connectivity index (χ0v) is 13.0. The van der Waals surface area contributed by atoms with E-state index in [9.17, 15) is 14.3 Å². The van der Waals surface area contributed by atoms with Crippen LogP contribution in [0.4, 0.5) is 4.39 Å². The summed E-state index contributed by atoms with van der Waals surface area (Å²) in [5.41, 5.74) is 0.0432. The molecule has 0 aliphatic carbocycles. The van der Waals surface area contributed by atoms with Crippen molar-refractivity contribution in [2.45, 2.75) is 39.2 Å². The number of hydrogen-bond acceptors (Lipinski definition) is 2. The van der Waals surface area contributed by atoms with Crippen LogP contribution in [0.2, 0.25) is 5.02 Å². The molecule has 2 rings (SSSR count). The Morgan fingerprint density at radius 3 is 2.95 bits per heavy atom. The van der Waals surface area contributed by atoms with E-state index in [0.717, 1.165) is 19.4 Å². The summed E-state index contributed by atoms with van der Waals surface area (Å²) in [6.07, 6.45) is 3.08. The Balaban J connectivity index is 2.14. The molecule has 1 N–H and O–H groups in total. The fourth-order valence-corrected chi connectivity index (χ4v) is 3.42. The van der Waals surface area contributed by atoms with Crippen LogP contribution in [0.15, 0.2) is 18.2 Å². The lowest BCUT2D eigenvalue weighted by atomic mass is 9.76. The highest BCUT2D eigenvalue weighted by Crippen LogP contribution is 2.36. The molecule has 116 valence electrons. The number of carboxylic acids is 1. The second-order valence-electron chi connectivity index (χ2n) is 5.86. The topological polar surface area (TPSA) is 40.5 Å². The maximum Gasteiger partial charge on any atom is 0.310 e. The molecule has 1 saturated heterocycles. The van der Waals surface area contributed by atoms with Crippen molar-refractivity contribution in [1.29, 1.82) is 0 Å². The molecule has 0 radical (unpaired) electrons. The molecule has 3 nitrogen and oxygen atoms in total. The monoisotopic (exact) mass is 313 g/mol. The van der Waals surface area contributed by atoms with Gasteiger partial charge in [-0.25, -0.2) is 4.39 Å². The largest absolute Gasteiger partial charge is 0.481 e. The van der Waals surface area contributed by atoms with Crippen LogP contribution < -0.4 is 0 Å². The number of carboxylic acid groups (broad SMARTS) is 1. The number of aliphatic carboxylic acids is 1. The summed E-state index contributed by atoms with van der Waals surface area (Å²) in [5.74, 6) is -1.15. The maximum absolute atomic E-state index is 13.5. The lowest BCUT2D eigenvalue weighted by molar-refractivity contribution is -0.153. The van der Waals surface area contributed by atoms with Crippen LogP contribution >= 0.6 is 11.6 Å². The minimum atomic E-state index is -0.723. The predicted octanol–water partition coefficient (Wildman–Crippen LogP) is 3.95. The van der Waals surface area contributed by atoms with E-state index in [0.29, 0.717) is 31.5 Å². The molecule has 1 aliphatic heterocycles. The van der Waals surface area contributed by atoms with E-state index in [-0.39, 0.29) is 5.02 Å². The summed E-state index contributed by atoms with van der Waals surface area (Å²) in [6.45, 7) is 3.83. The SMILES string of the molecule is CCCC1(C(=O)O)CCCN(Cc2cccc(F)c2Cl)C1. The summed E-state index contributed by atoms with van der Waals surface area (Å²) in [6, 6.07) is 4.76. The first-order chi connectivity index (χ1) is 9.98. The first kappa shape index (κ1) is 16.2. The Bertz CT molecular complexity index is 519. The van der Waals surface area contributed by atoms with Crippen LogP contribution in [0.25, 0.3) is 0 Å². The smallest absolute Gasteiger partial charge is 0.310 e. The second kappa shape index (κ2) is 6.75. The third-order valence-electron chi connectivity index (χ3n) is 4.26. The van der Waals surface area contributed by atoms with E-state index in [4.69, 9.17) is 11.6 Å². The van der Waals surface area contributed by atoms with Crippen molar-refractivity contribution in [3.63, 3.8) is 0 Å². The van der Waals surface area contributed by atoms with Gasteiger partial charge in [-0.1, -0.05) is 37.1 Å². The number of halogens is 2. The summed E-state index contributed by atoms with van der Waals surface area (Å²) in [7, 11) is 0. The van der Waals surface area contributed by atoms with Gasteiger partial charge in [0.25, 0.3) is 0 Å². The molecule has 5 heteroatoms. The lowest BCUT2D eigenvalue weighted by Gasteiger charge is -2.40. The Kier molecular flexibility index (Phi) is 5.22. The second-order valence-corrected chi connectivity index (χ2v) is 6.24. The average molecular weight is 314 g/mol. The van der Waals surface area contributed by atoms with Gasteiger partial charge in [0, 0.05) is 13.1 Å². The highest BCUT2D eigenvalue weighted by molar-refractivity contribution is 6.31. The van der Waals surface area contributed by atoms with Gasteiger partial charge in [-0.2, -0.15) is 0 Å². The van der Waals surface area contributed by atoms with Gasteiger partial charge < -0.3 is 5.11 Å². The molecule has 1 aromatic carbocycles. The summed E-state index contributed by atoms with van der Waals surface area (Å²) in [4.78, 5) is 13.7. The van der Waals surface area contributed by atoms with E-state index in [2.05, 4.69) is 4.90 Å². The van der Waals surface area contributed by atoms with Gasteiger partial charge in [0.05, 0.1) is 10.4 Å². The van der Waals surface area contributed by atoms with Crippen molar-refractivity contribution in [2.24, 2.45) is 5.41 Å². The third-order valence-corrected chi connectivity index (χ3v) is 4.69. The van der Waals surface area contributed by atoms with E-state index in [1.165, 1.54) is 6.07 Å². The van der Waals surface area contributed by atoms with Gasteiger partial charge in [-0.05, 0) is 37.4 Å². The molecular weight excluding hydrogens is 293 g/mol. The van der Waals surface area contributed by atoms with Crippen LogP contribution in [-0.4, -0.2) is 29.1 Å². The van der Waals surface area contributed by atoms with E-state index in [1.807, 2.05) is 6.92 Å². The zero-order chi connectivity index (χ0) is 15.5. The van der Waals surface area contributed by atoms with Crippen molar-refractivity contribution in [3.8, 4) is 0 Å². The molecule has 1 aromatic rings. The third kappa shape index (κ3) is 3.55. The van der Waals surface area contributed by atoms with Gasteiger partial charge in [0.2, 0.25) is 0 Å². The van der Waals surface area contributed by atoms with Crippen molar-refractivity contribution < 1.29 is 14.3 Å². The van der Waals surface area contributed by atoms with Crippen LogP contribution in [-0.2, 0) is 11.3 Å². The minimum absolute atomic E-state index is 0.138. The molecule has 1 heterocycles. The van der Waals surface area contributed by atoms with Crippen LogP contribution in [0.1, 0.15) is 38.2 Å². The standard InChI is InChI=1S/C16H21ClFNO2/c1-2-7-16(15(20)21)8-4-9-19(11-16)10-12-5-3-6-13(18)14(12)17/h3,5-6H,2,4,7-11H2,1H3,(H,20,21). The normalized spacial score (nSPS) is 23.2. The number of hydrogen-bond donors (Lipinski definition) is 1. The maximum atomic E-state index is 13.5. The summed E-state index contributed by atoms with van der Waals surface area (Å²) < 4.78 is 13.5. The van der Waals surface area contributed by atoms with E-state index < -0.39 is 17.2 Å². The molecule has 1 unspecified atom stereocenters. The van der Waals surface area contributed by atoms with Crippen LogP contribution in [0.3, 0.4) is 0 Å². The van der Waals surface area contributed by atoms with Gasteiger partial charge in [0.1, 0.15) is 5.82 Å². The van der Waals surface area contributed by atoms with Crippen molar-refractivity contribution in [1.82, 2.24) is 4.90 Å². The fourth-order valence-electron chi connectivity index (χ4n) is 3.24. The molecule has 1 fully saturated rings. The molecular formula is C16H21ClFNO2. The molecule has 0 aromatic heterocycles. The Morgan fingerprint density at radius 1 is 1.52 bits per heavy atom. The van der Waals surface area contributed by atoms with E-state index >= 15 is 0 Å². The first-order valence-electron chi connectivity index (χ1n) is 7.37. The Labute approximate surface area is 129 Å².